The number of nitrogens with zero attached hydrogens (tertiary/aromatic N) is 4. The van der Waals surface area contributed by atoms with E-state index < -0.39 is 0 Å². The second-order valence-electron chi connectivity index (χ2n) is 5.48. The van der Waals surface area contributed by atoms with Crippen LogP contribution in [0.3, 0.4) is 0 Å². The molecule has 1 fully saturated rings. The van der Waals surface area contributed by atoms with E-state index in [-0.39, 0.29) is 0 Å². The number of hydrogen-bond acceptors (Lipinski definition) is 3. The number of rotatable bonds is 2. The summed E-state index contributed by atoms with van der Waals surface area (Å²) < 4.78 is 2.10. The Morgan fingerprint density at radius 2 is 1.78 bits per heavy atom. The molecular weight excluding hydrogens is 288 g/mol. The highest BCUT2D eigenvalue weighted by Gasteiger charge is 2.28. The van der Waals surface area contributed by atoms with E-state index in [2.05, 4.69) is 20.7 Å². The molecular formula is C18H34N4O. The van der Waals surface area contributed by atoms with E-state index in [0.717, 1.165) is 45.6 Å². The van der Waals surface area contributed by atoms with Gasteiger partial charge in [0, 0.05) is 44.8 Å². The standard InChI is InChI=1S/C14H22N4O.2C2H6/c1-2-14(19)16-7-4-12(5-8-16)17-9-10-18-13(11-17)3-6-15-18;2*1-2/h3,6,12H,2,4-5,7-11H2,1H3;2*1-2H3. The van der Waals surface area contributed by atoms with Gasteiger partial charge in [0.15, 0.2) is 0 Å². The second-order valence-corrected chi connectivity index (χ2v) is 5.48. The van der Waals surface area contributed by atoms with Gasteiger partial charge in [0.25, 0.3) is 0 Å². The van der Waals surface area contributed by atoms with Crippen molar-refractivity contribution < 1.29 is 4.79 Å². The first-order chi connectivity index (χ1) is 11.3. The van der Waals surface area contributed by atoms with E-state index in [4.69, 9.17) is 0 Å². The van der Waals surface area contributed by atoms with E-state index >= 15 is 0 Å². The quantitative estimate of drug-likeness (QED) is 0.840. The number of likely N-dealkylation sites (tertiary alicyclic amines) is 1. The molecule has 0 atom stereocenters. The number of carbonyl (C=O) groups excluding carboxylic acids is 1. The number of hydrogen-bond donors (Lipinski definition) is 0. The molecule has 1 aromatic rings. The lowest BCUT2D eigenvalue weighted by Gasteiger charge is -2.40. The third-order valence-corrected chi connectivity index (χ3v) is 4.40. The lowest BCUT2D eigenvalue weighted by Crippen LogP contribution is -2.48. The van der Waals surface area contributed by atoms with Crippen molar-refractivity contribution in [2.24, 2.45) is 0 Å². The van der Waals surface area contributed by atoms with Crippen LogP contribution in [0.15, 0.2) is 12.3 Å². The molecule has 0 bridgehead atoms. The highest BCUT2D eigenvalue weighted by atomic mass is 16.2. The molecule has 5 nitrogen and oxygen atoms in total. The fourth-order valence-electron chi connectivity index (χ4n) is 3.22. The van der Waals surface area contributed by atoms with Crippen LogP contribution in [0.5, 0.6) is 0 Å². The summed E-state index contributed by atoms with van der Waals surface area (Å²) in [5, 5.41) is 4.32. The van der Waals surface area contributed by atoms with Crippen LogP contribution in [-0.2, 0) is 17.9 Å². The summed E-state index contributed by atoms with van der Waals surface area (Å²) >= 11 is 0. The van der Waals surface area contributed by atoms with E-state index in [1.807, 2.05) is 45.7 Å². The van der Waals surface area contributed by atoms with Crippen LogP contribution >= 0.6 is 0 Å². The molecule has 3 heterocycles. The van der Waals surface area contributed by atoms with Gasteiger partial charge >= 0.3 is 0 Å². The number of aromatic nitrogens is 2. The van der Waals surface area contributed by atoms with Gasteiger partial charge in [0.2, 0.25) is 5.91 Å². The first-order valence-electron chi connectivity index (χ1n) is 9.30. The Morgan fingerprint density at radius 3 is 2.39 bits per heavy atom. The maximum atomic E-state index is 11.7. The topological polar surface area (TPSA) is 41.4 Å². The average Bonchev–Trinajstić information content (AvgIpc) is 3.12. The summed E-state index contributed by atoms with van der Waals surface area (Å²) in [6.07, 6.45) is 4.74. The molecule has 1 amide bonds. The molecule has 1 saturated heterocycles. The summed E-state index contributed by atoms with van der Waals surface area (Å²) in [6, 6.07) is 2.74. The molecule has 3 rings (SSSR count). The maximum absolute atomic E-state index is 11.7. The van der Waals surface area contributed by atoms with E-state index in [9.17, 15) is 4.79 Å². The third-order valence-electron chi connectivity index (χ3n) is 4.40. The Kier molecular flexibility index (Phi) is 8.92. The van der Waals surface area contributed by atoms with Crippen molar-refractivity contribution in [2.75, 3.05) is 19.6 Å². The van der Waals surface area contributed by atoms with E-state index in [1.54, 1.807) is 0 Å². The predicted molar refractivity (Wildman–Crippen MR) is 95.2 cm³/mol. The fraction of sp³-hybridized carbons (Fsp3) is 0.778. The summed E-state index contributed by atoms with van der Waals surface area (Å²) in [4.78, 5) is 16.3. The largest absolute Gasteiger partial charge is 0.343 e. The third kappa shape index (κ3) is 5.06. The second kappa shape index (κ2) is 10.4. The van der Waals surface area contributed by atoms with Crippen LogP contribution in [0.1, 0.15) is 59.6 Å². The Hall–Kier alpha value is -1.36. The van der Waals surface area contributed by atoms with E-state index in [1.165, 1.54) is 5.69 Å². The fourth-order valence-corrected chi connectivity index (χ4v) is 3.22. The molecule has 0 N–H and O–H groups in total. The molecule has 0 spiro atoms. The minimum atomic E-state index is 0.301. The molecule has 5 heteroatoms. The summed E-state index contributed by atoms with van der Waals surface area (Å²) in [6.45, 7) is 14.9. The van der Waals surface area contributed by atoms with Gasteiger partial charge in [-0.15, -0.1) is 0 Å². The van der Waals surface area contributed by atoms with Gasteiger partial charge in [-0.05, 0) is 18.9 Å². The van der Waals surface area contributed by atoms with Crippen molar-refractivity contribution in [2.45, 2.75) is 73.0 Å². The molecule has 1 aromatic heterocycles. The molecule has 0 unspecified atom stereocenters. The van der Waals surface area contributed by atoms with Crippen LogP contribution in [0.25, 0.3) is 0 Å². The van der Waals surface area contributed by atoms with Crippen molar-refractivity contribution in [1.82, 2.24) is 19.6 Å². The van der Waals surface area contributed by atoms with Crippen molar-refractivity contribution >= 4 is 5.91 Å². The molecule has 0 radical (unpaired) electrons. The lowest BCUT2D eigenvalue weighted by molar-refractivity contribution is -0.132. The van der Waals surface area contributed by atoms with Crippen LogP contribution < -0.4 is 0 Å². The summed E-state index contributed by atoms with van der Waals surface area (Å²) in [7, 11) is 0. The SMILES string of the molecule is CC.CC.CCC(=O)N1CCC(N2CCn3nccc3C2)CC1. The zero-order valence-electron chi connectivity index (χ0n) is 15.6. The van der Waals surface area contributed by atoms with Gasteiger partial charge in [-0.1, -0.05) is 34.6 Å². The highest BCUT2D eigenvalue weighted by Crippen LogP contribution is 2.21. The molecule has 2 aliphatic rings. The monoisotopic (exact) mass is 322 g/mol. The zero-order valence-corrected chi connectivity index (χ0v) is 15.6. The Labute approximate surface area is 141 Å². The van der Waals surface area contributed by atoms with Gasteiger partial charge < -0.3 is 4.90 Å². The lowest BCUT2D eigenvalue weighted by atomic mass is 10.0. The van der Waals surface area contributed by atoms with Crippen LogP contribution in [0.4, 0.5) is 0 Å². The minimum Gasteiger partial charge on any atom is -0.343 e. The zero-order chi connectivity index (χ0) is 17.2. The Morgan fingerprint density at radius 1 is 1.13 bits per heavy atom. The first kappa shape index (κ1) is 19.7. The Balaban J connectivity index is 0.000000615. The van der Waals surface area contributed by atoms with Crippen molar-refractivity contribution in [1.29, 1.82) is 0 Å². The number of carbonyl (C=O) groups is 1. The molecule has 132 valence electrons. The van der Waals surface area contributed by atoms with Gasteiger partial charge in [-0.3, -0.25) is 14.4 Å². The first-order valence-corrected chi connectivity index (χ1v) is 9.30. The minimum absolute atomic E-state index is 0.301. The van der Waals surface area contributed by atoms with Crippen LogP contribution in [0.2, 0.25) is 0 Å². The van der Waals surface area contributed by atoms with Gasteiger partial charge in [0.1, 0.15) is 0 Å². The van der Waals surface area contributed by atoms with Gasteiger partial charge in [-0.25, -0.2) is 0 Å². The number of amides is 1. The molecule has 23 heavy (non-hydrogen) atoms. The highest BCUT2D eigenvalue weighted by molar-refractivity contribution is 5.75. The van der Waals surface area contributed by atoms with Gasteiger partial charge in [-0.2, -0.15) is 5.10 Å². The van der Waals surface area contributed by atoms with Crippen LogP contribution in [0, 0.1) is 0 Å². The Bertz CT molecular complexity index is 450. The molecule has 0 saturated carbocycles. The molecule has 2 aliphatic heterocycles. The molecule has 0 aromatic carbocycles. The van der Waals surface area contributed by atoms with Crippen molar-refractivity contribution in [3.8, 4) is 0 Å². The number of fused-ring (bicyclic) bond motifs is 1. The average molecular weight is 322 g/mol. The van der Waals surface area contributed by atoms with Crippen molar-refractivity contribution in [3.05, 3.63) is 18.0 Å². The van der Waals surface area contributed by atoms with E-state index in [0.29, 0.717) is 18.4 Å². The number of piperidine rings is 1. The maximum Gasteiger partial charge on any atom is 0.222 e. The van der Waals surface area contributed by atoms with Gasteiger partial charge in [0.05, 0.1) is 12.2 Å². The molecule has 0 aliphatic carbocycles. The normalized spacial score (nSPS) is 18.2. The van der Waals surface area contributed by atoms with Crippen LogP contribution in [-0.4, -0.2) is 51.2 Å². The predicted octanol–water partition coefficient (Wildman–Crippen LogP) is 3.15. The van der Waals surface area contributed by atoms with Crippen molar-refractivity contribution in [3.63, 3.8) is 0 Å². The summed E-state index contributed by atoms with van der Waals surface area (Å²) in [5.41, 5.74) is 1.32. The summed E-state index contributed by atoms with van der Waals surface area (Å²) in [5.74, 6) is 0.301. The smallest absolute Gasteiger partial charge is 0.222 e.